The van der Waals surface area contributed by atoms with Gasteiger partial charge in [-0.05, 0) is 62.4 Å². The van der Waals surface area contributed by atoms with Crippen LogP contribution in [-0.4, -0.2) is 88.7 Å². The number of halogens is 3. The number of aryl methyl sites for hydroxylation is 1. The highest BCUT2D eigenvalue weighted by atomic mass is 19.1. The number of hydrogen-bond donors (Lipinski definition) is 0. The molecule has 2 saturated heterocycles. The number of likely N-dealkylation sites (N-methyl/N-ethyl adjacent to an activating group) is 1. The van der Waals surface area contributed by atoms with Gasteiger partial charge in [0.2, 0.25) is 0 Å². The van der Waals surface area contributed by atoms with E-state index in [0.29, 0.717) is 35.2 Å². The van der Waals surface area contributed by atoms with Gasteiger partial charge in [-0.3, -0.25) is 14.7 Å². The van der Waals surface area contributed by atoms with Crippen molar-refractivity contribution in [2.45, 2.75) is 56.8 Å². The quantitative estimate of drug-likeness (QED) is 0.362. The van der Waals surface area contributed by atoms with Crippen LogP contribution in [0.4, 0.5) is 19.0 Å². The monoisotopic (exact) mass is 605 g/mol. The maximum Gasteiger partial charge on any atom is 0.319 e. The Bertz CT molecular complexity index is 1640. The molecule has 12 heteroatoms. The molecule has 230 valence electrons. The number of nitriles is 1. The zero-order valence-corrected chi connectivity index (χ0v) is 24.6. The predicted octanol–water partition coefficient (Wildman–Crippen LogP) is 4.54. The van der Waals surface area contributed by atoms with Crippen LogP contribution in [0, 0.1) is 17.1 Å². The molecule has 6 rings (SSSR count). The maximum absolute atomic E-state index is 16.0. The van der Waals surface area contributed by atoms with Crippen LogP contribution in [0.25, 0.3) is 22.0 Å². The van der Waals surface area contributed by atoms with E-state index in [0.717, 1.165) is 42.4 Å². The number of fused-ring (bicyclic) bond motifs is 2. The summed E-state index contributed by atoms with van der Waals surface area (Å²) in [5.74, 6) is -2.02. The molecule has 2 fully saturated rings. The second-order valence-electron chi connectivity index (χ2n) is 11.8. The van der Waals surface area contributed by atoms with E-state index in [4.69, 9.17) is 4.74 Å². The van der Waals surface area contributed by atoms with Crippen LogP contribution in [0.5, 0.6) is 6.01 Å². The van der Waals surface area contributed by atoms with Crippen LogP contribution < -0.4 is 9.64 Å². The van der Waals surface area contributed by atoms with Gasteiger partial charge in [-0.25, -0.2) is 13.2 Å². The van der Waals surface area contributed by atoms with E-state index in [1.807, 2.05) is 23.0 Å². The van der Waals surface area contributed by atoms with Gasteiger partial charge >= 0.3 is 6.01 Å². The molecule has 3 atom stereocenters. The van der Waals surface area contributed by atoms with Crippen molar-refractivity contribution < 1.29 is 22.7 Å². The highest BCUT2D eigenvalue weighted by Crippen LogP contribution is 2.37. The molecule has 0 saturated carbocycles. The van der Waals surface area contributed by atoms with Gasteiger partial charge in [-0.15, -0.1) is 0 Å². The summed E-state index contributed by atoms with van der Waals surface area (Å²) < 4.78 is 49.8. The minimum atomic E-state index is -1.09. The fraction of sp³-hybridized carbons (Fsp3) is 0.469. The number of benzene rings is 1. The van der Waals surface area contributed by atoms with Crippen molar-refractivity contribution in [2.24, 2.45) is 0 Å². The second kappa shape index (κ2) is 12.4. The van der Waals surface area contributed by atoms with Crippen molar-refractivity contribution in [1.29, 1.82) is 5.26 Å². The summed E-state index contributed by atoms with van der Waals surface area (Å²) in [5, 5.41) is 9.88. The summed E-state index contributed by atoms with van der Waals surface area (Å²) >= 11 is 0. The lowest BCUT2D eigenvalue weighted by molar-refractivity contribution is -0.131. The van der Waals surface area contributed by atoms with Gasteiger partial charge in [0.05, 0.1) is 24.0 Å². The standard InChI is InChI=1S/C32H34F3N7O2/c1-19(33)31(43)42-10-9-41(17-22(42)7-8-36)30-26-12-28(35)25(27-15-37-14-20-5-3-4-6-24(20)27)13-29(26)38-32(39-30)44-18-23-11-21(34)16-40(23)2/h12-15,21-23H,1,3-7,9-11,16-18H2,2H3/t21-,22+,23+/m1/s1. The molecule has 3 aromatic rings. The first-order valence-electron chi connectivity index (χ1n) is 14.9. The number of anilines is 1. The number of nitrogens with zero attached hydrogens (tertiary/aromatic N) is 7. The van der Waals surface area contributed by atoms with E-state index in [2.05, 4.69) is 27.6 Å². The molecule has 0 N–H and O–H groups in total. The predicted molar refractivity (Wildman–Crippen MR) is 159 cm³/mol. The first-order valence-corrected chi connectivity index (χ1v) is 14.9. The van der Waals surface area contributed by atoms with Gasteiger partial charge in [-0.2, -0.15) is 15.2 Å². The minimum absolute atomic E-state index is 0.0368. The molecule has 1 amide bonds. The van der Waals surface area contributed by atoms with Crippen LogP contribution in [0.1, 0.15) is 36.8 Å². The third-order valence-corrected chi connectivity index (χ3v) is 8.95. The number of aromatic nitrogens is 3. The largest absolute Gasteiger partial charge is 0.462 e. The Labute approximate surface area is 253 Å². The number of pyridine rings is 1. The molecule has 0 radical (unpaired) electrons. The number of rotatable bonds is 7. The normalized spacial score (nSPS) is 22.1. The molecule has 1 aromatic carbocycles. The fourth-order valence-electron chi connectivity index (χ4n) is 6.64. The van der Waals surface area contributed by atoms with Crippen molar-refractivity contribution in [2.75, 3.05) is 44.7 Å². The van der Waals surface area contributed by atoms with Gasteiger partial charge < -0.3 is 14.5 Å². The van der Waals surface area contributed by atoms with E-state index in [1.54, 1.807) is 12.3 Å². The van der Waals surface area contributed by atoms with Gasteiger partial charge in [-0.1, -0.05) is 6.58 Å². The Morgan fingerprint density at radius 2 is 1.95 bits per heavy atom. The molecule has 4 heterocycles. The van der Waals surface area contributed by atoms with Crippen molar-refractivity contribution >= 4 is 22.6 Å². The van der Waals surface area contributed by atoms with Crippen molar-refractivity contribution in [3.8, 4) is 23.2 Å². The SMILES string of the molecule is C=C(F)C(=O)N1CCN(c2nc(OC[C@@H]3C[C@@H](F)CN3C)nc3cc(-c4cncc5c4CCCC5)c(F)cc23)C[C@@H]1CC#N. The molecule has 9 nitrogen and oxygen atoms in total. The summed E-state index contributed by atoms with van der Waals surface area (Å²) in [6, 6.07) is 4.43. The average Bonchev–Trinajstić information content (AvgIpc) is 3.35. The lowest BCUT2D eigenvalue weighted by Gasteiger charge is -2.41. The number of carbonyl (C=O) groups is 1. The smallest absolute Gasteiger partial charge is 0.319 e. The van der Waals surface area contributed by atoms with Crippen LogP contribution in [0.15, 0.2) is 36.9 Å². The van der Waals surface area contributed by atoms with Crippen LogP contribution >= 0.6 is 0 Å². The number of alkyl halides is 1. The van der Waals surface area contributed by atoms with Crippen molar-refractivity contribution in [3.05, 3.63) is 53.9 Å². The molecule has 0 bridgehead atoms. The van der Waals surface area contributed by atoms with E-state index >= 15 is 4.39 Å². The van der Waals surface area contributed by atoms with Gasteiger partial charge in [0.15, 0.2) is 5.83 Å². The summed E-state index contributed by atoms with van der Waals surface area (Å²) in [6.45, 7) is 4.14. The lowest BCUT2D eigenvalue weighted by atomic mass is 9.87. The summed E-state index contributed by atoms with van der Waals surface area (Å²) in [6.07, 6.45) is 6.74. The highest BCUT2D eigenvalue weighted by molar-refractivity contribution is 5.94. The van der Waals surface area contributed by atoms with Gasteiger partial charge in [0.25, 0.3) is 5.91 Å². The number of carbonyl (C=O) groups excluding carboxylic acids is 1. The molecule has 0 spiro atoms. The first-order chi connectivity index (χ1) is 21.2. The Morgan fingerprint density at radius 1 is 1.14 bits per heavy atom. The van der Waals surface area contributed by atoms with E-state index in [-0.39, 0.29) is 44.7 Å². The number of hydrogen-bond acceptors (Lipinski definition) is 8. The summed E-state index contributed by atoms with van der Waals surface area (Å²) in [4.78, 5) is 31.2. The Kier molecular flexibility index (Phi) is 8.40. The van der Waals surface area contributed by atoms with Crippen LogP contribution in [0.2, 0.25) is 0 Å². The average molecular weight is 606 g/mol. The van der Waals surface area contributed by atoms with Crippen LogP contribution in [0.3, 0.4) is 0 Å². The molecule has 2 aliphatic heterocycles. The number of amides is 1. The van der Waals surface area contributed by atoms with E-state index in [1.165, 1.54) is 11.0 Å². The third-order valence-electron chi connectivity index (χ3n) is 8.95. The third kappa shape index (κ3) is 5.80. The van der Waals surface area contributed by atoms with E-state index < -0.39 is 29.8 Å². The molecule has 44 heavy (non-hydrogen) atoms. The Morgan fingerprint density at radius 3 is 2.70 bits per heavy atom. The summed E-state index contributed by atoms with van der Waals surface area (Å²) in [7, 11) is 1.84. The Balaban J connectivity index is 1.41. The van der Waals surface area contributed by atoms with Gasteiger partial charge in [0.1, 0.15) is 24.4 Å². The van der Waals surface area contributed by atoms with Crippen molar-refractivity contribution in [1.82, 2.24) is 24.8 Å². The molecule has 1 aliphatic carbocycles. The van der Waals surface area contributed by atoms with E-state index in [9.17, 15) is 18.8 Å². The minimum Gasteiger partial charge on any atom is -0.462 e. The number of likely N-dealkylation sites (tertiary alicyclic amines) is 1. The first kappa shape index (κ1) is 29.8. The second-order valence-corrected chi connectivity index (χ2v) is 11.8. The zero-order valence-electron chi connectivity index (χ0n) is 24.6. The maximum atomic E-state index is 16.0. The van der Waals surface area contributed by atoms with Crippen LogP contribution in [-0.2, 0) is 17.6 Å². The van der Waals surface area contributed by atoms with Crippen molar-refractivity contribution in [3.63, 3.8) is 0 Å². The molecule has 3 aliphatic rings. The fourth-order valence-corrected chi connectivity index (χ4v) is 6.64. The lowest BCUT2D eigenvalue weighted by Crippen LogP contribution is -2.55. The zero-order chi connectivity index (χ0) is 31.0. The number of piperazine rings is 1. The summed E-state index contributed by atoms with van der Waals surface area (Å²) in [5.41, 5.74) is 3.78. The molecular formula is C32H34F3N7O2. The molecular weight excluding hydrogens is 571 g/mol. The topological polar surface area (TPSA) is 98.5 Å². The van der Waals surface area contributed by atoms with Gasteiger partial charge in [0, 0.05) is 61.1 Å². The Hall–Kier alpha value is -4.24. The molecule has 2 aromatic heterocycles. The molecule has 0 unspecified atom stereocenters. The number of ether oxygens (including phenoxy) is 1. The highest BCUT2D eigenvalue weighted by Gasteiger charge is 2.34.